The highest BCUT2D eigenvalue weighted by Crippen LogP contribution is 2.34. The second kappa shape index (κ2) is 8.58. The van der Waals surface area contributed by atoms with E-state index in [-0.39, 0.29) is 27.1 Å². The smallest absolute Gasteiger partial charge is 0.434 e. The highest BCUT2D eigenvalue weighted by Gasteiger charge is 2.33. The van der Waals surface area contributed by atoms with Gasteiger partial charge in [0.15, 0.2) is 0 Å². The summed E-state index contributed by atoms with van der Waals surface area (Å²) in [6.07, 6.45) is 0. The van der Waals surface area contributed by atoms with Gasteiger partial charge >= 0.3 is 5.76 Å². The van der Waals surface area contributed by atoms with Crippen LogP contribution in [0.15, 0.2) is 50.5 Å². The van der Waals surface area contributed by atoms with E-state index in [9.17, 15) is 17.6 Å². The summed E-state index contributed by atoms with van der Waals surface area (Å²) in [6.45, 7) is 3.19. The van der Waals surface area contributed by atoms with Crippen LogP contribution in [0.4, 0.5) is 4.39 Å². The van der Waals surface area contributed by atoms with E-state index in [4.69, 9.17) is 20.8 Å². The van der Waals surface area contributed by atoms with E-state index < -0.39 is 33.6 Å². The number of ether oxygens (including phenoxy) is 1. The van der Waals surface area contributed by atoms with Crippen LogP contribution in [0.5, 0.6) is 5.75 Å². The van der Waals surface area contributed by atoms with Crippen LogP contribution in [-0.2, 0) is 10.0 Å². The van der Waals surface area contributed by atoms with Crippen LogP contribution in [-0.4, -0.2) is 25.7 Å². The average Bonchev–Trinajstić information content (AvgIpc) is 3.13. The molecular weight excluding hydrogens is 437 g/mol. The molecule has 0 spiro atoms. The Labute approximate surface area is 177 Å². The molecule has 1 heterocycles. The molecule has 0 aliphatic heterocycles. The molecule has 0 radical (unpaired) electrons. The van der Waals surface area contributed by atoms with Gasteiger partial charge in [-0.3, -0.25) is 0 Å². The molecule has 0 aliphatic rings. The highest BCUT2D eigenvalue weighted by molar-refractivity contribution is 7.89. The minimum atomic E-state index is -4.21. The number of rotatable bonds is 7. The van der Waals surface area contributed by atoms with Crippen molar-refractivity contribution < 1.29 is 22.0 Å². The van der Waals surface area contributed by atoms with Crippen LogP contribution in [0.2, 0.25) is 5.02 Å². The number of sulfonamides is 1. The molecule has 30 heavy (non-hydrogen) atoms. The Morgan fingerprint density at radius 1 is 1.30 bits per heavy atom. The zero-order valence-corrected chi connectivity index (χ0v) is 17.8. The standard InChI is InChI=1S/C19H19ClFN3O5S/c1-10-5-4-6-13(16(10)21)11(2)17(18-22-23-19(25)29-18)24-30(26,27)15-8-7-12(20)9-14(15)28-3/h4-9,11,17,24H,1-3H3,(H,23,25). The van der Waals surface area contributed by atoms with Crippen molar-refractivity contribution in [2.75, 3.05) is 7.11 Å². The zero-order chi connectivity index (χ0) is 22.1. The van der Waals surface area contributed by atoms with E-state index in [1.807, 2.05) is 0 Å². The average molecular weight is 456 g/mol. The number of nitrogens with zero attached hydrogens (tertiary/aromatic N) is 1. The number of benzene rings is 2. The summed E-state index contributed by atoms with van der Waals surface area (Å²) in [7, 11) is -2.90. The van der Waals surface area contributed by atoms with Crippen molar-refractivity contribution in [1.29, 1.82) is 0 Å². The number of hydrogen-bond donors (Lipinski definition) is 2. The lowest BCUT2D eigenvalue weighted by Gasteiger charge is -2.23. The summed E-state index contributed by atoms with van der Waals surface area (Å²) in [6, 6.07) is 7.61. The molecule has 160 valence electrons. The summed E-state index contributed by atoms with van der Waals surface area (Å²) in [5.74, 6) is -2.34. The molecule has 2 atom stereocenters. The molecule has 0 bridgehead atoms. The van der Waals surface area contributed by atoms with Gasteiger partial charge in [-0.2, -0.15) is 4.72 Å². The van der Waals surface area contributed by atoms with Gasteiger partial charge in [0.05, 0.1) is 7.11 Å². The Morgan fingerprint density at radius 2 is 2.03 bits per heavy atom. The molecular formula is C19H19ClFN3O5S. The van der Waals surface area contributed by atoms with Crippen LogP contribution in [0.3, 0.4) is 0 Å². The van der Waals surface area contributed by atoms with Gasteiger partial charge in [-0.15, -0.1) is 5.10 Å². The van der Waals surface area contributed by atoms with Gasteiger partial charge in [0.25, 0.3) is 0 Å². The molecule has 0 saturated heterocycles. The maximum atomic E-state index is 14.7. The Hall–Kier alpha value is -2.69. The molecule has 11 heteroatoms. The number of aromatic nitrogens is 2. The number of aromatic amines is 1. The van der Waals surface area contributed by atoms with E-state index in [1.54, 1.807) is 26.0 Å². The highest BCUT2D eigenvalue weighted by atomic mass is 35.5. The molecule has 0 amide bonds. The van der Waals surface area contributed by atoms with E-state index in [0.717, 1.165) is 0 Å². The minimum Gasteiger partial charge on any atom is -0.495 e. The van der Waals surface area contributed by atoms with Crippen molar-refractivity contribution in [2.45, 2.75) is 30.7 Å². The van der Waals surface area contributed by atoms with Gasteiger partial charge in [0, 0.05) is 17.0 Å². The van der Waals surface area contributed by atoms with Crippen LogP contribution in [0.1, 0.15) is 35.9 Å². The topological polar surface area (TPSA) is 114 Å². The summed E-state index contributed by atoms with van der Waals surface area (Å²) in [4.78, 5) is 11.3. The number of hydrogen-bond acceptors (Lipinski definition) is 6. The van der Waals surface area contributed by atoms with Crippen LogP contribution in [0.25, 0.3) is 0 Å². The monoisotopic (exact) mass is 455 g/mol. The van der Waals surface area contributed by atoms with Gasteiger partial charge in [0.1, 0.15) is 22.5 Å². The van der Waals surface area contributed by atoms with E-state index >= 15 is 0 Å². The van der Waals surface area contributed by atoms with Gasteiger partial charge in [-0.25, -0.2) is 22.7 Å². The number of aryl methyl sites for hydroxylation is 1. The number of halogens is 2. The Kier molecular flexibility index (Phi) is 6.30. The molecule has 2 unspecified atom stereocenters. The third-order valence-corrected chi connectivity index (χ3v) is 6.35. The normalized spacial score (nSPS) is 13.8. The van der Waals surface area contributed by atoms with Crippen molar-refractivity contribution in [1.82, 2.24) is 14.9 Å². The summed E-state index contributed by atoms with van der Waals surface area (Å²) < 4.78 is 53.5. The predicted octanol–water partition coefficient (Wildman–Crippen LogP) is 3.30. The van der Waals surface area contributed by atoms with Gasteiger partial charge in [-0.1, -0.05) is 36.7 Å². The summed E-state index contributed by atoms with van der Waals surface area (Å²) in [5, 5.41) is 6.13. The van der Waals surface area contributed by atoms with E-state index in [0.29, 0.717) is 5.56 Å². The Morgan fingerprint density at radius 3 is 2.67 bits per heavy atom. The first-order valence-corrected chi connectivity index (χ1v) is 10.7. The van der Waals surface area contributed by atoms with Crippen molar-refractivity contribution in [3.05, 3.63) is 74.8 Å². The molecule has 1 aromatic heterocycles. The molecule has 0 fully saturated rings. The van der Waals surface area contributed by atoms with Crippen molar-refractivity contribution >= 4 is 21.6 Å². The maximum Gasteiger partial charge on any atom is 0.434 e. The fourth-order valence-corrected chi connectivity index (χ4v) is 4.62. The molecule has 8 nitrogen and oxygen atoms in total. The Balaban J connectivity index is 2.08. The SMILES string of the molecule is COc1cc(Cl)ccc1S(=O)(=O)NC(c1n[nH]c(=O)o1)C(C)c1cccc(C)c1F. The lowest BCUT2D eigenvalue weighted by atomic mass is 9.92. The van der Waals surface area contributed by atoms with E-state index in [2.05, 4.69) is 14.9 Å². The second-order valence-electron chi connectivity index (χ2n) is 6.61. The number of H-pyrrole nitrogens is 1. The van der Waals surface area contributed by atoms with Crippen LogP contribution in [0, 0.1) is 12.7 Å². The first-order chi connectivity index (χ1) is 14.1. The lowest BCUT2D eigenvalue weighted by Crippen LogP contribution is -2.33. The van der Waals surface area contributed by atoms with Crippen molar-refractivity contribution in [3.8, 4) is 5.75 Å². The van der Waals surface area contributed by atoms with Crippen LogP contribution >= 0.6 is 11.6 Å². The molecule has 0 aliphatic carbocycles. The summed E-state index contributed by atoms with van der Waals surface area (Å²) >= 11 is 5.91. The molecule has 3 aromatic rings. The fourth-order valence-electron chi connectivity index (χ4n) is 3.04. The van der Waals surface area contributed by atoms with Crippen molar-refractivity contribution in [2.24, 2.45) is 0 Å². The van der Waals surface area contributed by atoms with E-state index in [1.165, 1.54) is 31.4 Å². The molecule has 3 rings (SSSR count). The molecule has 2 aromatic carbocycles. The molecule has 2 N–H and O–H groups in total. The predicted molar refractivity (Wildman–Crippen MR) is 108 cm³/mol. The largest absolute Gasteiger partial charge is 0.495 e. The van der Waals surface area contributed by atoms with Gasteiger partial charge < -0.3 is 9.15 Å². The summed E-state index contributed by atoms with van der Waals surface area (Å²) in [5.41, 5.74) is 0.625. The second-order valence-corrected chi connectivity index (χ2v) is 8.73. The quantitative estimate of drug-likeness (QED) is 0.565. The lowest BCUT2D eigenvalue weighted by molar-refractivity contribution is 0.375. The van der Waals surface area contributed by atoms with Crippen molar-refractivity contribution in [3.63, 3.8) is 0 Å². The third kappa shape index (κ3) is 4.40. The maximum absolute atomic E-state index is 14.7. The first kappa shape index (κ1) is 22.0. The van der Waals surface area contributed by atoms with Crippen LogP contribution < -0.4 is 15.2 Å². The zero-order valence-electron chi connectivity index (χ0n) is 16.3. The molecule has 0 saturated carbocycles. The Bertz CT molecular complexity index is 1220. The fraction of sp³-hybridized carbons (Fsp3) is 0.263. The number of nitrogens with one attached hydrogen (secondary N) is 2. The first-order valence-electron chi connectivity index (χ1n) is 8.80. The third-order valence-electron chi connectivity index (χ3n) is 4.63. The van der Waals surface area contributed by atoms with Gasteiger partial charge in [0.2, 0.25) is 15.9 Å². The minimum absolute atomic E-state index is 0.0200. The number of methoxy groups -OCH3 is 1. The van der Waals surface area contributed by atoms with Gasteiger partial charge in [-0.05, 0) is 30.2 Å².